The van der Waals surface area contributed by atoms with Crippen LogP contribution in [0.4, 0.5) is 5.69 Å². The maximum atomic E-state index is 12.3. The van der Waals surface area contributed by atoms with E-state index >= 15 is 0 Å². The van der Waals surface area contributed by atoms with Crippen LogP contribution in [-0.4, -0.2) is 47.3 Å². The molecule has 1 heterocycles. The van der Waals surface area contributed by atoms with Gasteiger partial charge in [-0.05, 0) is 55.8 Å². The van der Waals surface area contributed by atoms with E-state index in [-0.39, 0.29) is 12.5 Å². The van der Waals surface area contributed by atoms with Crippen molar-refractivity contribution in [2.45, 2.75) is 25.0 Å². The number of aliphatic hydroxyl groups is 1. The Balaban J connectivity index is 1.60. The SMILES string of the molecule is C[C@]1(O)CCN(CC(=O)Nc2ccc(Cl)cc2)C[C@@H]1Oc1cccc(Cl)c1. The molecule has 3 rings (SSSR count). The average molecular weight is 409 g/mol. The van der Waals surface area contributed by atoms with E-state index in [4.69, 9.17) is 27.9 Å². The summed E-state index contributed by atoms with van der Waals surface area (Å²) in [5, 5.41) is 14.7. The second kappa shape index (κ2) is 8.48. The fraction of sp³-hybridized carbons (Fsp3) is 0.350. The van der Waals surface area contributed by atoms with Crippen LogP contribution in [0.25, 0.3) is 0 Å². The zero-order chi connectivity index (χ0) is 19.4. The molecule has 2 aromatic rings. The monoisotopic (exact) mass is 408 g/mol. The average Bonchev–Trinajstić information content (AvgIpc) is 2.60. The molecule has 1 amide bonds. The van der Waals surface area contributed by atoms with Crippen LogP contribution in [0.15, 0.2) is 48.5 Å². The molecule has 0 unspecified atom stereocenters. The fourth-order valence-corrected chi connectivity index (χ4v) is 3.32. The molecule has 0 spiro atoms. The van der Waals surface area contributed by atoms with Gasteiger partial charge in [-0.1, -0.05) is 29.3 Å². The van der Waals surface area contributed by atoms with Gasteiger partial charge in [0.2, 0.25) is 5.91 Å². The van der Waals surface area contributed by atoms with E-state index in [0.29, 0.717) is 41.0 Å². The summed E-state index contributed by atoms with van der Waals surface area (Å²) in [7, 11) is 0. The number of rotatable bonds is 5. The summed E-state index contributed by atoms with van der Waals surface area (Å²) in [6.45, 7) is 3.02. The Labute approximate surface area is 168 Å². The normalized spacial score (nSPS) is 23.0. The van der Waals surface area contributed by atoms with Crippen LogP contribution in [0.2, 0.25) is 10.0 Å². The van der Waals surface area contributed by atoms with Crippen molar-refractivity contribution in [2.75, 3.05) is 25.0 Å². The molecule has 0 aliphatic carbocycles. The Hall–Kier alpha value is -1.79. The predicted molar refractivity (Wildman–Crippen MR) is 108 cm³/mol. The number of amides is 1. The molecule has 1 aliphatic heterocycles. The highest BCUT2D eigenvalue weighted by Gasteiger charge is 2.39. The van der Waals surface area contributed by atoms with Gasteiger partial charge in [-0.2, -0.15) is 0 Å². The minimum atomic E-state index is -0.981. The van der Waals surface area contributed by atoms with E-state index < -0.39 is 11.7 Å². The van der Waals surface area contributed by atoms with Crippen molar-refractivity contribution >= 4 is 34.8 Å². The first-order valence-corrected chi connectivity index (χ1v) is 9.50. The Morgan fingerprint density at radius 2 is 2.00 bits per heavy atom. The third kappa shape index (κ3) is 5.59. The predicted octanol–water partition coefficient (Wildman–Crippen LogP) is 3.84. The summed E-state index contributed by atoms with van der Waals surface area (Å²) in [5.74, 6) is 0.473. The first-order valence-electron chi connectivity index (χ1n) is 8.74. The molecule has 1 aliphatic rings. The van der Waals surface area contributed by atoms with Crippen LogP contribution in [-0.2, 0) is 4.79 Å². The number of nitrogens with one attached hydrogen (secondary N) is 1. The lowest BCUT2D eigenvalue weighted by atomic mass is 9.90. The number of carbonyl (C=O) groups is 1. The number of hydrogen-bond acceptors (Lipinski definition) is 4. The third-order valence-corrected chi connectivity index (χ3v) is 5.11. The fourth-order valence-electron chi connectivity index (χ4n) is 3.02. The number of likely N-dealkylation sites (tertiary alicyclic amines) is 1. The summed E-state index contributed by atoms with van der Waals surface area (Å²) < 4.78 is 5.97. The van der Waals surface area contributed by atoms with Gasteiger partial charge in [0.15, 0.2) is 0 Å². The molecule has 2 aromatic carbocycles. The third-order valence-electron chi connectivity index (χ3n) is 4.62. The minimum absolute atomic E-state index is 0.125. The van der Waals surface area contributed by atoms with Gasteiger partial charge in [-0.15, -0.1) is 0 Å². The van der Waals surface area contributed by atoms with Crippen molar-refractivity contribution in [2.24, 2.45) is 0 Å². The van der Waals surface area contributed by atoms with Crippen molar-refractivity contribution in [1.29, 1.82) is 0 Å². The summed E-state index contributed by atoms with van der Waals surface area (Å²) >= 11 is 11.9. The van der Waals surface area contributed by atoms with Gasteiger partial charge in [0.1, 0.15) is 17.5 Å². The zero-order valence-electron chi connectivity index (χ0n) is 15.0. The Morgan fingerprint density at radius 1 is 1.26 bits per heavy atom. The Kier molecular flexibility index (Phi) is 6.27. The molecule has 2 N–H and O–H groups in total. The van der Waals surface area contributed by atoms with Gasteiger partial charge in [-0.25, -0.2) is 0 Å². The second-order valence-electron chi connectivity index (χ2n) is 6.96. The zero-order valence-corrected chi connectivity index (χ0v) is 16.5. The second-order valence-corrected chi connectivity index (χ2v) is 7.83. The van der Waals surface area contributed by atoms with Crippen molar-refractivity contribution < 1.29 is 14.6 Å². The molecule has 0 aromatic heterocycles. The van der Waals surface area contributed by atoms with Gasteiger partial charge >= 0.3 is 0 Å². The van der Waals surface area contributed by atoms with Crippen LogP contribution >= 0.6 is 23.2 Å². The van der Waals surface area contributed by atoms with E-state index in [0.717, 1.165) is 0 Å². The number of halogens is 2. The molecule has 27 heavy (non-hydrogen) atoms. The van der Waals surface area contributed by atoms with Crippen molar-refractivity contribution in [1.82, 2.24) is 4.90 Å². The molecule has 144 valence electrons. The highest BCUT2D eigenvalue weighted by atomic mass is 35.5. The van der Waals surface area contributed by atoms with Gasteiger partial charge in [0, 0.05) is 28.8 Å². The number of piperidine rings is 1. The van der Waals surface area contributed by atoms with E-state index in [2.05, 4.69) is 5.32 Å². The summed E-state index contributed by atoms with van der Waals surface area (Å²) in [5.41, 5.74) is -0.286. The molecular formula is C20H22Cl2N2O3. The van der Waals surface area contributed by atoms with Gasteiger partial charge in [0.05, 0.1) is 6.54 Å². The number of ether oxygens (including phenoxy) is 1. The lowest BCUT2D eigenvalue weighted by Crippen LogP contribution is -2.57. The number of carbonyl (C=O) groups excluding carboxylic acids is 1. The number of hydrogen-bond donors (Lipinski definition) is 2. The smallest absolute Gasteiger partial charge is 0.238 e. The number of benzene rings is 2. The lowest BCUT2D eigenvalue weighted by Gasteiger charge is -2.42. The molecule has 0 bridgehead atoms. The van der Waals surface area contributed by atoms with E-state index in [1.54, 1.807) is 55.5 Å². The van der Waals surface area contributed by atoms with Crippen molar-refractivity contribution in [3.05, 3.63) is 58.6 Å². The van der Waals surface area contributed by atoms with Crippen LogP contribution < -0.4 is 10.1 Å². The Bertz CT molecular complexity index is 796. The van der Waals surface area contributed by atoms with Gasteiger partial charge in [-0.3, -0.25) is 9.69 Å². The number of nitrogens with zero attached hydrogens (tertiary/aromatic N) is 1. The molecule has 7 heteroatoms. The van der Waals surface area contributed by atoms with E-state index in [1.807, 2.05) is 4.90 Å². The molecule has 5 nitrogen and oxygen atoms in total. The van der Waals surface area contributed by atoms with Crippen molar-refractivity contribution in [3.63, 3.8) is 0 Å². The van der Waals surface area contributed by atoms with Gasteiger partial charge < -0.3 is 15.2 Å². The molecule has 2 atom stereocenters. The topological polar surface area (TPSA) is 61.8 Å². The van der Waals surface area contributed by atoms with Crippen molar-refractivity contribution in [3.8, 4) is 5.75 Å². The standard InChI is InChI=1S/C20H22Cl2N2O3/c1-20(26)9-10-24(12-18(20)27-17-4-2-3-15(22)11-17)13-19(25)23-16-7-5-14(21)6-8-16/h2-8,11,18,26H,9-10,12-13H2,1H3,(H,23,25)/t18-,20-/m0/s1. The molecule has 0 radical (unpaired) electrons. The summed E-state index contributed by atoms with van der Waals surface area (Å²) in [4.78, 5) is 14.3. The molecule has 0 saturated carbocycles. The molecule has 1 fully saturated rings. The van der Waals surface area contributed by atoms with E-state index in [9.17, 15) is 9.90 Å². The quantitative estimate of drug-likeness (QED) is 0.788. The van der Waals surface area contributed by atoms with E-state index in [1.165, 1.54) is 0 Å². The minimum Gasteiger partial charge on any atom is -0.486 e. The first kappa shape index (κ1) is 20.0. The molecule has 1 saturated heterocycles. The maximum Gasteiger partial charge on any atom is 0.238 e. The lowest BCUT2D eigenvalue weighted by molar-refractivity contribution is -0.122. The summed E-state index contributed by atoms with van der Waals surface area (Å²) in [6.07, 6.45) is 0.0416. The molecular weight excluding hydrogens is 387 g/mol. The van der Waals surface area contributed by atoms with Crippen LogP contribution in [0.1, 0.15) is 13.3 Å². The van der Waals surface area contributed by atoms with Gasteiger partial charge in [0.25, 0.3) is 0 Å². The van der Waals surface area contributed by atoms with Crippen LogP contribution in [0.3, 0.4) is 0 Å². The summed E-state index contributed by atoms with van der Waals surface area (Å²) in [6, 6.07) is 14.0. The maximum absolute atomic E-state index is 12.3. The first-order chi connectivity index (χ1) is 12.8. The highest BCUT2D eigenvalue weighted by Crippen LogP contribution is 2.28. The van der Waals surface area contributed by atoms with Crippen LogP contribution in [0, 0.1) is 0 Å². The Morgan fingerprint density at radius 3 is 2.70 bits per heavy atom. The van der Waals surface area contributed by atoms with Crippen LogP contribution in [0.5, 0.6) is 5.75 Å². The highest BCUT2D eigenvalue weighted by molar-refractivity contribution is 6.31. The largest absolute Gasteiger partial charge is 0.486 e. The number of anilines is 1.